The SMILES string of the molecule is Cc1nsc(SCCC(C)(NC(C)C)C(=O)O)n1. The minimum Gasteiger partial charge on any atom is -0.480 e. The highest BCUT2D eigenvalue weighted by molar-refractivity contribution is 8.00. The van der Waals surface area contributed by atoms with E-state index in [4.69, 9.17) is 0 Å². The predicted molar refractivity (Wildman–Crippen MR) is 74.3 cm³/mol. The van der Waals surface area contributed by atoms with Gasteiger partial charge in [0.1, 0.15) is 11.4 Å². The van der Waals surface area contributed by atoms with E-state index in [1.54, 1.807) is 18.7 Å². The van der Waals surface area contributed by atoms with Crippen molar-refractivity contribution < 1.29 is 9.90 Å². The first-order chi connectivity index (χ1) is 8.33. The lowest BCUT2D eigenvalue weighted by Gasteiger charge is -2.28. The Morgan fingerprint density at radius 3 is 2.72 bits per heavy atom. The monoisotopic (exact) mass is 289 g/mol. The van der Waals surface area contributed by atoms with Crippen LogP contribution in [-0.4, -0.2) is 37.8 Å². The van der Waals surface area contributed by atoms with E-state index < -0.39 is 11.5 Å². The number of aromatic nitrogens is 2. The third-order valence-corrected chi connectivity index (χ3v) is 4.34. The Hall–Kier alpha value is -0.660. The Labute approximate surface area is 116 Å². The minimum absolute atomic E-state index is 0.139. The Balaban J connectivity index is 2.50. The summed E-state index contributed by atoms with van der Waals surface area (Å²) in [7, 11) is 0. The van der Waals surface area contributed by atoms with Gasteiger partial charge < -0.3 is 5.11 Å². The highest BCUT2D eigenvalue weighted by Crippen LogP contribution is 2.23. The van der Waals surface area contributed by atoms with Crippen molar-refractivity contribution in [3.63, 3.8) is 0 Å². The molecule has 0 aliphatic heterocycles. The smallest absolute Gasteiger partial charge is 0.323 e. The van der Waals surface area contributed by atoms with Gasteiger partial charge in [0.05, 0.1) is 0 Å². The standard InChI is InChI=1S/C11H19N3O2S2/c1-7(2)13-11(4,9(15)16)5-6-17-10-12-8(3)14-18-10/h7,13H,5-6H2,1-4H3,(H,15,16). The zero-order valence-electron chi connectivity index (χ0n) is 11.1. The molecule has 0 aliphatic carbocycles. The van der Waals surface area contributed by atoms with Gasteiger partial charge in [0.15, 0.2) is 4.34 Å². The molecule has 18 heavy (non-hydrogen) atoms. The zero-order chi connectivity index (χ0) is 13.8. The van der Waals surface area contributed by atoms with E-state index in [1.807, 2.05) is 20.8 Å². The molecule has 7 heteroatoms. The molecule has 0 fully saturated rings. The molecule has 0 saturated heterocycles. The van der Waals surface area contributed by atoms with Gasteiger partial charge in [-0.15, -0.1) is 0 Å². The van der Waals surface area contributed by atoms with Crippen molar-refractivity contribution >= 4 is 29.3 Å². The van der Waals surface area contributed by atoms with Gasteiger partial charge in [0.2, 0.25) is 0 Å². The number of aliphatic carboxylic acids is 1. The van der Waals surface area contributed by atoms with Crippen LogP contribution < -0.4 is 5.32 Å². The number of rotatable bonds is 7. The highest BCUT2D eigenvalue weighted by atomic mass is 32.2. The molecule has 102 valence electrons. The van der Waals surface area contributed by atoms with Gasteiger partial charge in [-0.05, 0) is 45.6 Å². The summed E-state index contributed by atoms with van der Waals surface area (Å²) < 4.78 is 4.99. The molecule has 5 nitrogen and oxygen atoms in total. The number of carbonyl (C=O) groups is 1. The van der Waals surface area contributed by atoms with Gasteiger partial charge in [-0.2, -0.15) is 4.37 Å². The first kappa shape index (κ1) is 15.4. The van der Waals surface area contributed by atoms with E-state index in [0.29, 0.717) is 12.2 Å². The molecule has 1 unspecified atom stereocenters. The second-order valence-corrected chi connectivity index (χ2v) is 6.74. The molecule has 1 atom stereocenters. The maximum atomic E-state index is 11.3. The lowest BCUT2D eigenvalue weighted by atomic mass is 9.98. The fourth-order valence-corrected chi connectivity index (χ4v) is 3.44. The molecule has 1 rings (SSSR count). The van der Waals surface area contributed by atoms with Gasteiger partial charge in [0, 0.05) is 11.8 Å². The summed E-state index contributed by atoms with van der Waals surface area (Å²) in [6.45, 7) is 7.47. The highest BCUT2D eigenvalue weighted by Gasteiger charge is 2.32. The normalized spacial score (nSPS) is 14.7. The summed E-state index contributed by atoms with van der Waals surface area (Å²) in [6, 6.07) is 0.139. The molecule has 0 saturated carbocycles. The average Bonchev–Trinajstić information content (AvgIpc) is 2.63. The van der Waals surface area contributed by atoms with Crippen molar-refractivity contribution in [3.05, 3.63) is 5.82 Å². The molecule has 0 aromatic carbocycles. The van der Waals surface area contributed by atoms with Crippen LogP contribution in [0.2, 0.25) is 0 Å². The van der Waals surface area contributed by atoms with Crippen LogP contribution in [0.25, 0.3) is 0 Å². The molecule has 1 aromatic heterocycles. The first-order valence-electron chi connectivity index (χ1n) is 5.77. The van der Waals surface area contributed by atoms with E-state index in [0.717, 1.165) is 10.2 Å². The quantitative estimate of drug-likeness (QED) is 0.749. The third-order valence-electron chi connectivity index (χ3n) is 2.42. The van der Waals surface area contributed by atoms with E-state index >= 15 is 0 Å². The Bertz CT molecular complexity index is 409. The van der Waals surface area contributed by atoms with Crippen LogP contribution in [0.1, 0.15) is 33.0 Å². The summed E-state index contributed by atoms with van der Waals surface area (Å²) in [5.74, 6) is 0.658. The maximum Gasteiger partial charge on any atom is 0.323 e. The van der Waals surface area contributed by atoms with Crippen molar-refractivity contribution in [1.82, 2.24) is 14.7 Å². The molecule has 1 heterocycles. The van der Waals surface area contributed by atoms with Crippen LogP contribution in [0.3, 0.4) is 0 Å². The van der Waals surface area contributed by atoms with Crippen LogP contribution in [0.15, 0.2) is 4.34 Å². The van der Waals surface area contributed by atoms with Gasteiger partial charge in [-0.3, -0.25) is 10.1 Å². The fourth-order valence-electron chi connectivity index (χ4n) is 1.56. The molecule has 0 aliphatic rings. The van der Waals surface area contributed by atoms with Crippen molar-refractivity contribution in [2.24, 2.45) is 0 Å². The number of carboxylic acids is 1. The van der Waals surface area contributed by atoms with E-state index in [-0.39, 0.29) is 6.04 Å². The summed E-state index contributed by atoms with van der Waals surface area (Å²) in [5.41, 5.74) is -0.888. The Morgan fingerprint density at radius 1 is 1.61 bits per heavy atom. The van der Waals surface area contributed by atoms with Crippen LogP contribution >= 0.6 is 23.3 Å². The van der Waals surface area contributed by atoms with Crippen molar-refractivity contribution in [1.29, 1.82) is 0 Å². The van der Waals surface area contributed by atoms with Crippen LogP contribution in [0.4, 0.5) is 0 Å². The number of nitrogens with zero attached hydrogens (tertiary/aromatic N) is 2. The molecule has 1 aromatic rings. The van der Waals surface area contributed by atoms with Crippen molar-refractivity contribution in [2.75, 3.05) is 5.75 Å². The minimum atomic E-state index is -0.888. The molecular formula is C11H19N3O2S2. The third kappa shape index (κ3) is 4.55. The number of carboxylic acid groups (broad SMARTS) is 1. The summed E-state index contributed by atoms with van der Waals surface area (Å²) in [4.78, 5) is 15.5. The predicted octanol–water partition coefficient (Wildman–Crippen LogP) is 2.17. The van der Waals surface area contributed by atoms with Gasteiger partial charge in [-0.1, -0.05) is 11.8 Å². The van der Waals surface area contributed by atoms with Gasteiger partial charge in [-0.25, -0.2) is 4.98 Å². The number of hydrogen-bond acceptors (Lipinski definition) is 6. The van der Waals surface area contributed by atoms with Gasteiger partial charge in [0.25, 0.3) is 0 Å². The number of aryl methyl sites for hydroxylation is 1. The second kappa shape index (κ2) is 6.49. The Kier molecular flexibility index (Phi) is 5.55. The van der Waals surface area contributed by atoms with Crippen molar-refractivity contribution in [3.8, 4) is 0 Å². The summed E-state index contributed by atoms with van der Waals surface area (Å²) in [6.07, 6.45) is 0.545. The Morgan fingerprint density at radius 2 is 2.28 bits per heavy atom. The number of nitrogens with one attached hydrogen (secondary N) is 1. The summed E-state index contributed by atoms with van der Waals surface area (Å²) >= 11 is 2.91. The molecule has 0 spiro atoms. The maximum absolute atomic E-state index is 11.3. The molecule has 2 N–H and O–H groups in total. The van der Waals surface area contributed by atoms with E-state index in [9.17, 15) is 9.90 Å². The second-order valence-electron chi connectivity index (χ2n) is 4.64. The lowest BCUT2D eigenvalue weighted by Crippen LogP contribution is -2.52. The zero-order valence-corrected chi connectivity index (χ0v) is 12.7. The van der Waals surface area contributed by atoms with E-state index in [2.05, 4.69) is 14.7 Å². The van der Waals surface area contributed by atoms with Gasteiger partial charge >= 0.3 is 5.97 Å². The number of hydrogen-bond donors (Lipinski definition) is 2. The fraction of sp³-hybridized carbons (Fsp3) is 0.727. The first-order valence-corrected chi connectivity index (χ1v) is 7.53. The van der Waals surface area contributed by atoms with Crippen LogP contribution in [-0.2, 0) is 4.79 Å². The number of thioether (sulfide) groups is 1. The molecule has 0 radical (unpaired) electrons. The molecular weight excluding hydrogens is 270 g/mol. The van der Waals surface area contributed by atoms with Crippen LogP contribution in [0, 0.1) is 6.92 Å². The van der Waals surface area contributed by atoms with E-state index in [1.165, 1.54) is 11.5 Å². The summed E-state index contributed by atoms with van der Waals surface area (Å²) in [5, 5.41) is 12.4. The molecule has 0 bridgehead atoms. The average molecular weight is 289 g/mol. The topological polar surface area (TPSA) is 75.1 Å². The van der Waals surface area contributed by atoms with Crippen LogP contribution in [0.5, 0.6) is 0 Å². The van der Waals surface area contributed by atoms with Crippen molar-refractivity contribution in [2.45, 2.75) is 50.0 Å². The lowest BCUT2D eigenvalue weighted by molar-refractivity contribution is -0.144. The largest absolute Gasteiger partial charge is 0.480 e. The molecule has 0 amide bonds.